The maximum Gasteiger partial charge on any atom is 0.252 e. The maximum absolute atomic E-state index is 13.6. The third kappa shape index (κ3) is 4.08. The number of nitrogens with zero attached hydrogens (tertiary/aromatic N) is 1. The predicted molar refractivity (Wildman–Crippen MR) is 108 cm³/mol. The average molecular weight is 398 g/mol. The van der Waals surface area contributed by atoms with Crippen LogP contribution in [0.15, 0.2) is 36.4 Å². The minimum Gasteiger partial charge on any atom is -0.493 e. The zero-order valence-corrected chi connectivity index (χ0v) is 17.0. The molecule has 0 aliphatic rings. The number of hydrogen-bond donors (Lipinski definition) is 1. The molecule has 0 saturated carbocycles. The van der Waals surface area contributed by atoms with Crippen molar-refractivity contribution in [3.63, 3.8) is 0 Å². The van der Waals surface area contributed by atoms with Crippen molar-refractivity contribution in [2.75, 3.05) is 21.3 Å². The van der Waals surface area contributed by atoms with E-state index in [-0.39, 0.29) is 11.9 Å². The van der Waals surface area contributed by atoms with Crippen LogP contribution in [0.1, 0.15) is 34.6 Å². The number of benzene rings is 2. The van der Waals surface area contributed by atoms with Crippen LogP contribution in [-0.2, 0) is 0 Å². The van der Waals surface area contributed by atoms with E-state index >= 15 is 0 Å². The molecular weight excluding hydrogens is 375 g/mol. The van der Waals surface area contributed by atoms with Gasteiger partial charge in [-0.15, -0.1) is 0 Å². The number of halogens is 1. The lowest BCUT2D eigenvalue weighted by molar-refractivity contribution is 0.0941. The summed E-state index contributed by atoms with van der Waals surface area (Å²) in [6.45, 7) is 3.62. The maximum atomic E-state index is 13.6. The first kappa shape index (κ1) is 20.4. The number of carbonyl (C=O) groups excluding carboxylic acids is 1. The number of carbonyl (C=O) groups is 1. The molecule has 1 amide bonds. The summed E-state index contributed by atoms with van der Waals surface area (Å²) in [5.41, 5.74) is 2.30. The molecule has 2 aromatic carbocycles. The average Bonchev–Trinajstić information content (AvgIpc) is 2.71. The number of pyridine rings is 1. The fraction of sp³-hybridized carbons (Fsp3) is 0.273. The van der Waals surface area contributed by atoms with Gasteiger partial charge in [0.05, 0.1) is 38.5 Å². The van der Waals surface area contributed by atoms with Crippen LogP contribution in [0, 0.1) is 12.7 Å². The number of methoxy groups -OCH3 is 3. The Hall–Kier alpha value is -3.35. The van der Waals surface area contributed by atoms with E-state index in [4.69, 9.17) is 14.2 Å². The Morgan fingerprint density at radius 1 is 1.03 bits per heavy atom. The highest BCUT2D eigenvalue weighted by atomic mass is 19.1. The van der Waals surface area contributed by atoms with E-state index in [2.05, 4.69) is 10.3 Å². The van der Waals surface area contributed by atoms with Crippen molar-refractivity contribution in [1.82, 2.24) is 10.3 Å². The lowest BCUT2D eigenvalue weighted by atomic mass is 10.0. The van der Waals surface area contributed by atoms with Gasteiger partial charge in [-0.05, 0) is 49.7 Å². The van der Waals surface area contributed by atoms with Gasteiger partial charge < -0.3 is 19.5 Å². The summed E-state index contributed by atoms with van der Waals surface area (Å²) in [4.78, 5) is 17.3. The van der Waals surface area contributed by atoms with Crippen molar-refractivity contribution in [2.45, 2.75) is 19.9 Å². The standard InChI is InChI=1S/C22H23FN2O4/c1-12-8-17(16-7-6-15(23)11-18(16)24-12)22(26)25-13(2)14-9-19(27-3)21(29-5)20(10-14)28-4/h6-11,13H,1-5H3,(H,25,26)/t13-/m1/s1. The molecule has 0 aliphatic heterocycles. The van der Waals surface area contributed by atoms with Gasteiger partial charge in [-0.3, -0.25) is 9.78 Å². The van der Waals surface area contributed by atoms with E-state index < -0.39 is 5.82 Å². The van der Waals surface area contributed by atoms with Crippen LogP contribution in [0.4, 0.5) is 4.39 Å². The monoisotopic (exact) mass is 398 g/mol. The third-order valence-electron chi connectivity index (χ3n) is 4.68. The highest BCUT2D eigenvalue weighted by Crippen LogP contribution is 2.39. The van der Waals surface area contributed by atoms with Crippen LogP contribution in [0.3, 0.4) is 0 Å². The molecule has 1 N–H and O–H groups in total. The highest BCUT2D eigenvalue weighted by Gasteiger charge is 2.19. The van der Waals surface area contributed by atoms with Crippen molar-refractivity contribution in [3.8, 4) is 17.2 Å². The van der Waals surface area contributed by atoms with Gasteiger partial charge in [0.25, 0.3) is 5.91 Å². The van der Waals surface area contributed by atoms with Gasteiger partial charge in [0.1, 0.15) is 5.82 Å². The fourth-order valence-corrected chi connectivity index (χ4v) is 3.23. The zero-order chi connectivity index (χ0) is 21.1. The lowest BCUT2D eigenvalue weighted by Gasteiger charge is -2.19. The molecule has 1 atom stereocenters. The molecule has 0 spiro atoms. The summed E-state index contributed by atoms with van der Waals surface area (Å²) in [6, 6.07) is 9.13. The molecule has 3 rings (SSSR count). The van der Waals surface area contributed by atoms with Gasteiger partial charge in [-0.1, -0.05) is 0 Å². The molecule has 1 aromatic heterocycles. The van der Waals surface area contributed by atoms with Gasteiger partial charge in [-0.2, -0.15) is 0 Å². The van der Waals surface area contributed by atoms with Gasteiger partial charge in [-0.25, -0.2) is 4.39 Å². The molecule has 29 heavy (non-hydrogen) atoms. The lowest BCUT2D eigenvalue weighted by Crippen LogP contribution is -2.27. The molecule has 0 bridgehead atoms. The van der Waals surface area contributed by atoms with Crippen molar-refractivity contribution >= 4 is 16.8 Å². The number of fused-ring (bicyclic) bond motifs is 1. The van der Waals surface area contributed by atoms with E-state index in [1.54, 1.807) is 31.2 Å². The van der Waals surface area contributed by atoms with Crippen LogP contribution in [-0.4, -0.2) is 32.2 Å². The minimum atomic E-state index is -0.396. The van der Waals surface area contributed by atoms with E-state index in [1.807, 2.05) is 6.92 Å². The molecule has 152 valence electrons. The number of aromatic nitrogens is 1. The molecule has 0 fully saturated rings. The second-order valence-electron chi connectivity index (χ2n) is 6.63. The van der Waals surface area contributed by atoms with Crippen molar-refractivity contribution < 1.29 is 23.4 Å². The van der Waals surface area contributed by atoms with Crippen LogP contribution in [0.5, 0.6) is 17.2 Å². The molecule has 3 aromatic rings. The summed E-state index contributed by atoms with van der Waals surface area (Å²) >= 11 is 0. The van der Waals surface area contributed by atoms with E-state index in [0.29, 0.717) is 39.4 Å². The number of nitrogens with one attached hydrogen (secondary N) is 1. The molecule has 1 heterocycles. The van der Waals surface area contributed by atoms with E-state index in [1.165, 1.54) is 33.5 Å². The topological polar surface area (TPSA) is 69.7 Å². The molecular formula is C22H23FN2O4. The number of amides is 1. The van der Waals surface area contributed by atoms with Gasteiger partial charge in [0, 0.05) is 17.1 Å². The molecule has 0 unspecified atom stereocenters. The number of ether oxygens (including phenoxy) is 3. The molecule has 0 aliphatic carbocycles. The summed E-state index contributed by atoms with van der Waals surface area (Å²) < 4.78 is 29.7. The first-order valence-corrected chi connectivity index (χ1v) is 9.05. The van der Waals surface area contributed by atoms with E-state index in [9.17, 15) is 9.18 Å². The first-order valence-electron chi connectivity index (χ1n) is 9.05. The normalized spacial score (nSPS) is 11.8. The number of rotatable bonds is 6. The Balaban J connectivity index is 1.95. The molecule has 0 saturated heterocycles. The zero-order valence-electron chi connectivity index (χ0n) is 17.0. The van der Waals surface area contributed by atoms with Crippen molar-refractivity contribution in [3.05, 3.63) is 59.0 Å². The molecule has 6 nitrogen and oxygen atoms in total. The Labute approximate surface area is 168 Å². The number of hydrogen-bond acceptors (Lipinski definition) is 5. The van der Waals surface area contributed by atoms with Crippen LogP contribution >= 0.6 is 0 Å². The second kappa shape index (κ2) is 8.34. The Bertz CT molecular complexity index is 1040. The fourth-order valence-electron chi connectivity index (χ4n) is 3.23. The minimum absolute atomic E-state index is 0.284. The van der Waals surface area contributed by atoms with Gasteiger partial charge >= 0.3 is 0 Å². The van der Waals surface area contributed by atoms with E-state index in [0.717, 1.165) is 5.56 Å². The summed E-state index contributed by atoms with van der Waals surface area (Å²) in [7, 11) is 4.61. The first-order chi connectivity index (χ1) is 13.9. The second-order valence-corrected chi connectivity index (χ2v) is 6.63. The molecule has 7 heteroatoms. The van der Waals surface area contributed by atoms with Crippen molar-refractivity contribution in [2.24, 2.45) is 0 Å². The quantitative estimate of drug-likeness (QED) is 0.674. The Morgan fingerprint density at radius 3 is 2.28 bits per heavy atom. The third-order valence-corrected chi connectivity index (χ3v) is 4.68. The van der Waals surface area contributed by atoms with Gasteiger partial charge in [0.15, 0.2) is 11.5 Å². The van der Waals surface area contributed by atoms with Gasteiger partial charge in [0.2, 0.25) is 5.75 Å². The summed E-state index contributed by atoms with van der Waals surface area (Å²) in [5, 5.41) is 3.56. The Kier molecular flexibility index (Phi) is 5.87. The predicted octanol–water partition coefficient (Wildman–Crippen LogP) is 4.20. The van der Waals surface area contributed by atoms with Crippen LogP contribution in [0.25, 0.3) is 10.9 Å². The summed E-state index contributed by atoms with van der Waals surface area (Å²) in [6.07, 6.45) is 0. The summed E-state index contributed by atoms with van der Waals surface area (Å²) in [5.74, 6) is 0.809. The largest absolute Gasteiger partial charge is 0.493 e. The smallest absolute Gasteiger partial charge is 0.252 e. The molecule has 0 radical (unpaired) electrons. The van der Waals surface area contributed by atoms with Crippen LogP contribution in [0.2, 0.25) is 0 Å². The Morgan fingerprint density at radius 2 is 1.69 bits per heavy atom. The van der Waals surface area contributed by atoms with Crippen LogP contribution < -0.4 is 19.5 Å². The SMILES string of the molecule is COc1cc([C@@H](C)NC(=O)c2cc(C)nc3cc(F)ccc23)cc(OC)c1OC. The highest BCUT2D eigenvalue weighted by molar-refractivity contribution is 6.06. The van der Waals surface area contributed by atoms with Crippen molar-refractivity contribution in [1.29, 1.82) is 0 Å². The number of aryl methyl sites for hydroxylation is 1.